The molecule has 3 nitrogen and oxygen atoms in total. The van der Waals surface area contributed by atoms with Crippen LogP contribution in [0.5, 0.6) is 0 Å². The van der Waals surface area contributed by atoms with E-state index in [-0.39, 0.29) is 11.8 Å². The van der Waals surface area contributed by atoms with E-state index in [1.807, 2.05) is 0 Å². The highest BCUT2D eigenvalue weighted by Crippen LogP contribution is 2.27. The van der Waals surface area contributed by atoms with Gasteiger partial charge in [0.2, 0.25) is 0 Å². The fraction of sp³-hybridized carbons (Fsp3) is 0.500. The van der Waals surface area contributed by atoms with Gasteiger partial charge in [0.1, 0.15) is 17.7 Å². The van der Waals surface area contributed by atoms with Crippen LogP contribution in [0.15, 0.2) is 12.1 Å². The van der Waals surface area contributed by atoms with Crippen molar-refractivity contribution in [1.29, 1.82) is 0 Å². The number of rotatable bonds is 2. The molecule has 0 saturated heterocycles. The number of ether oxygens (including phenoxy) is 1. The number of carbonyl (C=O) groups is 1. The summed E-state index contributed by atoms with van der Waals surface area (Å²) < 4.78 is 32.1. The Kier molecular flexibility index (Phi) is 4.02. The van der Waals surface area contributed by atoms with Crippen molar-refractivity contribution in [2.45, 2.75) is 38.7 Å². The largest absolute Gasteiger partial charge is 0.459 e. The highest BCUT2D eigenvalue weighted by atomic mass is 19.1. The molecule has 0 aromatic heterocycles. The lowest BCUT2D eigenvalue weighted by Gasteiger charge is -2.26. The van der Waals surface area contributed by atoms with E-state index in [2.05, 4.69) is 6.92 Å². The number of hydrogen-bond acceptors (Lipinski definition) is 3. The maximum absolute atomic E-state index is 13.6. The Hall–Kier alpha value is -1.65. The number of halogens is 2. The molecule has 1 fully saturated rings. The third-order valence-electron chi connectivity index (χ3n) is 3.47. The van der Waals surface area contributed by atoms with E-state index in [0.717, 1.165) is 37.8 Å². The molecule has 1 aliphatic carbocycles. The van der Waals surface area contributed by atoms with Gasteiger partial charge in [0, 0.05) is 6.07 Å². The number of nitrogens with two attached hydrogens (primary N) is 1. The van der Waals surface area contributed by atoms with Crippen LogP contribution in [0.3, 0.4) is 0 Å². The van der Waals surface area contributed by atoms with E-state index in [0.29, 0.717) is 5.92 Å². The molecule has 0 amide bonds. The van der Waals surface area contributed by atoms with Crippen LogP contribution < -0.4 is 5.73 Å². The Bertz CT molecular complexity index is 491. The third kappa shape index (κ3) is 3.22. The fourth-order valence-electron chi connectivity index (χ4n) is 2.42. The number of esters is 1. The minimum absolute atomic E-state index is 0.212. The van der Waals surface area contributed by atoms with Crippen LogP contribution in [-0.2, 0) is 4.74 Å². The lowest BCUT2D eigenvalue weighted by atomic mass is 9.89. The van der Waals surface area contributed by atoms with Gasteiger partial charge in [0.25, 0.3) is 0 Å². The van der Waals surface area contributed by atoms with E-state index in [9.17, 15) is 13.6 Å². The topological polar surface area (TPSA) is 52.3 Å². The molecule has 104 valence electrons. The summed E-state index contributed by atoms with van der Waals surface area (Å²) in [6.07, 6.45) is 3.42. The molecule has 2 unspecified atom stereocenters. The number of benzene rings is 1. The van der Waals surface area contributed by atoms with Crippen molar-refractivity contribution >= 4 is 11.7 Å². The van der Waals surface area contributed by atoms with Gasteiger partial charge < -0.3 is 10.5 Å². The molecule has 2 atom stereocenters. The van der Waals surface area contributed by atoms with Gasteiger partial charge in [0.15, 0.2) is 0 Å². The fourth-order valence-corrected chi connectivity index (χ4v) is 2.42. The molecule has 0 heterocycles. The van der Waals surface area contributed by atoms with E-state index in [4.69, 9.17) is 10.5 Å². The molecule has 1 aliphatic rings. The minimum Gasteiger partial charge on any atom is -0.459 e. The van der Waals surface area contributed by atoms with Crippen molar-refractivity contribution in [3.63, 3.8) is 0 Å². The molecule has 0 radical (unpaired) electrons. The quantitative estimate of drug-likeness (QED) is 0.662. The Morgan fingerprint density at radius 1 is 1.32 bits per heavy atom. The normalized spacial score (nSPS) is 23.1. The maximum atomic E-state index is 13.6. The summed E-state index contributed by atoms with van der Waals surface area (Å²) in [6, 6.07) is 1.59. The van der Waals surface area contributed by atoms with E-state index < -0.39 is 23.2 Å². The number of hydrogen-bond donors (Lipinski definition) is 1. The van der Waals surface area contributed by atoms with Crippen LogP contribution in [0.2, 0.25) is 0 Å². The molecule has 1 aromatic rings. The van der Waals surface area contributed by atoms with Crippen molar-refractivity contribution in [1.82, 2.24) is 0 Å². The summed E-state index contributed by atoms with van der Waals surface area (Å²) in [5, 5.41) is 0. The first-order valence-electron chi connectivity index (χ1n) is 6.43. The standard InChI is InChI=1S/C14H17F2NO2/c1-8-3-2-4-9(5-8)19-14(18)10-6-12(16)13(17)7-11(10)15/h6-9H,2-5,17H2,1H3. The molecule has 0 aliphatic heterocycles. The van der Waals surface area contributed by atoms with Crippen LogP contribution in [0.4, 0.5) is 14.5 Å². The smallest absolute Gasteiger partial charge is 0.341 e. The van der Waals surface area contributed by atoms with Crippen molar-refractivity contribution in [2.75, 3.05) is 5.73 Å². The van der Waals surface area contributed by atoms with Gasteiger partial charge in [0.05, 0.1) is 11.3 Å². The predicted octanol–water partition coefficient (Wildman–Crippen LogP) is 3.28. The van der Waals surface area contributed by atoms with E-state index in [1.54, 1.807) is 0 Å². The first-order valence-corrected chi connectivity index (χ1v) is 6.43. The minimum atomic E-state index is -0.854. The molecule has 2 N–H and O–H groups in total. The first-order chi connectivity index (χ1) is 8.97. The highest BCUT2D eigenvalue weighted by Gasteiger charge is 2.24. The maximum Gasteiger partial charge on any atom is 0.341 e. The second-order valence-corrected chi connectivity index (χ2v) is 5.15. The number of carbonyl (C=O) groups excluding carboxylic acids is 1. The SMILES string of the molecule is CC1CCCC(OC(=O)c2cc(F)c(N)cc2F)C1. The average molecular weight is 269 g/mol. The second kappa shape index (κ2) is 5.55. The van der Waals surface area contributed by atoms with Crippen LogP contribution in [0, 0.1) is 17.6 Å². The van der Waals surface area contributed by atoms with Gasteiger partial charge in [-0.25, -0.2) is 13.6 Å². The van der Waals surface area contributed by atoms with Crippen molar-refractivity contribution in [2.24, 2.45) is 5.92 Å². The Labute approximate surface area is 110 Å². The van der Waals surface area contributed by atoms with Gasteiger partial charge in [-0.3, -0.25) is 0 Å². The molecule has 1 aromatic carbocycles. The summed E-state index contributed by atoms with van der Waals surface area (Å²) in [4.78, 5) is 11.8. The van der Waals surface area contributed by atoms with Crippen molar-refractivity contribution in [3.05, 3.63) is 29.3 Å². The molecular weight excluding hydrogens is 252 g/mol. The molecule has 0 bridgehead atoms. The zero-order valence-electron chi connectivity index (χ0n) is 10.8. The van der Waals surface area contributed by atoms with Crippen molar-refractivity contribution < 1.29 is 18.3 Å². The summed E-state index contributed by atoms with van der Waals surface area (Å²) in [7, 11) is 0. The number of anilines is 1. The average Bonchev–Trinajstić information content (AvgIpc) is 2.33. The lowest BCUT2D eigenvalue weighted by Crippen LogP contribution is -2.25. The van der Waals surface area contributed by atoms with Gasteiger partial charge in [-0.15, -0.1) is 0 Å². The summed E-state index contributed by atoms with van der Waals surface area (Å²) in [6.45, 7) is 2.09. The second-order valence-electron chi connectivity index (χ2n) is 5.15. The Morgan fingerprint density at radius 2 is 2.05 bits per heavy atom. The van der Waals surface area contributed by atoms with E-state index >= 15 is 0 Å². The first kappa shape index (κ1) is 13.8. The van der Waals surface area contributed by atoms with Crippen LogP contribution >= 0.6 is 0 Å². The van der Waals surface area contributed by atoms with Crippen LogP contribution in [0.25, 0.3) is 0 Å². The number of nitrogen functional groups attached to an aromatic ring is 1. The van der Waals surface area contributed by atoms with Gasteiger partial charge in [-0.1, -0.05) is 13.3 Å². The monoisotopic (exact) mass is 269 g/mol. The zero-order valence-corrected chi connectivity index (χ0v) is 10.8. The Balaban J connectivity index is 2.09. The van der Waals surface area contributed by atoms with Gasteiger partial charge in [-0.2, -0.15) is 0 Å². The van der Waals surface area contributed by atoms with E-state index in [1.165, 1.54) is 0 Å². The Morgan fingerprint density at radius 3 is 2.74 bits per heavy atom. The molecule has 0 spiro atoms. The van der Waals surface area contributed by atoms with Crippen molar-refractivity contribution in [3.8, 4) is 0 Å². The molecule has 2 rings (SSSR count). The molecular formula is C14H17F2NO2. The van der Waals surface area contributed by atoms with Gasteiger partial charge in [-0.05, 0) is 31.2 Å². The van der Waals surface area contributed by atoms with Crippen LogP contribution in [0.1, 0.15) is 43.0 Å². The molecule has 19 heavy (non-hydrogen) atoms. The summed E-state index contributed by atoms with van der Waals surface area (Å²) in [5.41, 5.74) is 4.51. The molecule has 5 heteroatoms. The predicted molar refractivity (Wildman–Crippen MR) is 67.6 cm³/mol. The summed E-state index contributed by atoms with van der Waals surface area (Å²) >= 11 is 0. The zero-order chi connectivity index (χ0) is 14.0. The molecule has 1 saturated carbocycles. The van der Waals surface area contributed by atoms with Gasteiger partial charge >= 0.3 is 5.97 Å². The summed E-state index contributed by atoms with van der Waals surface area (Å²) in [5.74, 6) is -2.01. The van der Waals surface area contributed by atoms with Crippen LogP contribution in [-0.4, -0.2) is 12.1 Å². The lowest BCUT2D eigenvalue weighted by molar-refractivity contribution is 0.0150. The third-order valence-corrected chi connectivity index (χ3v) is 3.47. The highest BCUT2D eigenvalue weighted by molar-refractivity contribution is 5.90.